The molecule has 156 valence electrons. The van der Waals surface area contributed by atoms with E-state index in [0.29, 0.717) is 13.1 Å². The fourth-order valence-corrected chi connectivity index (χ4v) is 3.27. The smallest absolute Gasteiger partial charge is 0.318 e. The van der Waals surface area contributed by atoms with Gasteiger partial charge in [0.05, 0.1) is 0 Å². The molecule has 1 aromatic rings. The number of benzene rings is 1. The molecular formula is C22H36N4O2. The maximum absolute atomic E-state index is 12.8. The van der Waals surface area contributed by atoms with Crippen molar-refractivity contribution in [2.24, 2.45) is 5.92 Å². The van der Waals surface area contributed by atoms with Gasteiger partial charge in [0.2, 0.25) is 5.91 Å². The molecule has 0 aliphatic heterocycles. The number of hydrogen-bond acceptors (Lipinski definition) is 3. The van der Waals surface area contributed by atoms with E-state index in [9.17, 15) is 9.59 Å². The summed E-state index contributed by atoms with van der Waals surface area (Å²) < 4.78 is 0. The predicted octanol–water partition coefficient (Wildman–Crippen LogP) is 4.21. The van der Waals surface area contributed by atoms with Crippen LogP contribution < -0.4 is 15.5 Å². The lowest BCUT2D eigenvalue weighted by Gasteiger charge is -2.30. The van der Waals surface area contributed by atoms with Gasteiger partial charge < -0.3 is 20.4 Å². The van der Waals surface area contributed by atoms with Crippen LogP contribution in [-0.2, 0) is 11.3 Å². The lowest BCUT2D eigenvalue weighted by Crippen LogP contribution is -2.48. The molecule has 2 N–H and O–H groups in total. The Hall–Kier alpha value is -2.24. The molecule has 0 heterocycles. The van der Waals surface area contributed by atoms with Crippen LogP contribution in [-0.4, -0.2) is 43.0 Å². The van der Waals surface area contributed by atoms with Crippen molar-refractivity contribution in [1.29, 1.82) is 0 Å². The van der Waals surface area contributed by atoms with E-state index in [-0.39, 0.29) is 23.4 Å². The summed E-state index contributed by atoms with van der Waals surface area (Å²) >= 11 is 0. The highest BCUT2D eigenvalue weighted by Gasteiger charge is 2.25. The maximum Gasteiger partial charge on any atom is 0.318 e. The molecule has 6 heteroatoms. The van der Waals surface area contributed by atoms with E-state index >= 15 is 0 Å². The van der Waals surface area contributed by atoms with Gasteiger partial charge in [-0.3, -0.25) is 4.79 Å². The minimum absolute atomic E-state index is 0.0667. The Morgan fingerprint density at radius 1 is 1.18 bits per heavy atom. The molecule has 1 aliphatic rings. The summed E-state index contributed by atoms with van der Waals surface area (Å²) in [5.41, 5.74) is 2.58. The molecule has 0 bridgehead atoms. The Labute approximate surface area is 169 Å². The SMILES string of the molecule is CCCN(Cc1cc(NC(=O)C2CCC2)ccc1N(C)C)C(=O)NC(C)(C)C. The molecule has 1 fully saturated rings. The van der Waals surface area contributed by atoms with Gasteiger partial charge in [-0.2, -0.15) is 0 Å². The quantitative estimate of drug-likeness (QED) is 0.735. The van der Waals surface area contributed by atoms with Gasteiger partial charge in [-0.25, -0.2) is 4.79 Å². The molecule has 28 heavy (non-hydrogen) atoms. The lowest BCUT2D eigenvalue weighted by molar-refractivity contribution is -0.122. The third kappa shape index (κ3) is 6.14. The van der Waals surface area contributed by atoms with Gasteiger partial charge >= 0.3 is 6.03 Å². The molecule has 0 saturated heterocycles. The minimum atomic E-state index is -0.286. The van der Waals surface area contributed by atoms with E-state index < -0.39 is 0 Å². The van der Waals surface area contributed by atoms with Crippen LogP contribution >= 0.6 is 0 Å². The van der Waals surface area contributed by atoms with Gasteiger partial charge in [-0.1, -0.05) is 13.3 Å². The van der Waals surface area contributed by atoms with Gasteiger partial charge in [0.1, 0.15) is 0 Å². The van der Waals surface area contributed by atoms with E-state index in [1.54, 1.807) is 0 Å². The van der Waals surface area contributed by atoms with Crippen molar-refractivity contribution in [1.82, 2.24) is 10.2 Å². The molecule has 1 aliphatic carbocycles. The second-order valence-corrected chi connectivity index (χ2v) is 8.96. The number of amides is 3. The first-order valence-electron chi connectivity index (χ1n) is 10.3. The zero-order valence-electron chi connectivity index (χ0n) is 18.3. The van der Waals surface area contributed by atoms with Crippen LogP contribution in [0.4, 0.5) is 16.2 Å². The average Bonchev–Trinajstić information content (AvgIpc) is 2.51. The van der Waals surface area contributed by atoms with Crippen LogP contribution in [0.15, 0.2) is 18.2 Å². The normalized spacial score (nSPS) is 14.2. The Bertz CT molecular complexity index is 690. The van der Waals surface area contributed by atoms with Gasteiger partial charge in [0.15, 0.2) is 0 Å². The first-order valence-corrected chi connectivity index (χ1v) is 10.3. The molecule has 1 saturated carbocycles. The zero-order valence-corrected chi connectivity index (χ0v) is 18.3. The molecule has 0 unspecified atom stereocenters. The van der Waals surface area contributed by atoms with E-state index in [1.807, 2.05) is 62.9 Å². The van der Waals surface area contributed by atoms with E-state index in [2.05, 4.69) is 17.6 Å². The number of nitrogens with zero attached hydrogens (tertiary/aromatic N) is 2. The van der Waals surface area contributed by atoms with Crippen LogP contribution in [0.3, 0.4) is 0 Å². The van der Waals surface area contributed by atoms with Crippen molar-refractivity contribution in [3.63, 3.8) is 0 Å². The van der Waals surface area contributed by atoms with Crippen LogP contribution in [0.5, 0.6) is 0 Å². The van der Waals surface area contributed by atoms with Crippen molar-refractivity contribution in [2.75, 3.05) is 30.9 Å². The van der Waals surface area contributed by atoms with Crippen molar-refractivity contribution >= 4 is 23.3 Å². The lowest BCUT2D eigenvalue weighted by atomic mass is 9.85. The number of rotatable bonds is 7. The largest absolute Gasteiger partial charge is 0.377 e. The van der Waals surface area contributed by atoms with Crippen molar-refractivity contribution in [2.45, 2.75) is 65.5 Å². The Morgan fingerprint density at radius 2 is 1.86 bits per heavy atom. The fraction of sp³-hybridized carbons (Fsp3) is 0.636. The second-order valence-electron chi connectivity index (χ2n) is 8.96. The minimum Gasteiger partial charge on any atom is -0.377 e. The highest BCUT2D eigenvalue weighted by molar-refractivity contribution is 5.93. The summed E-state index contributed by atoms with van der Waals surface area (Å²) in [4.78, 5) is 29.0. The van der Waals surface area contributed by atoms with E-state index in [0.717, 1.165) is 42.6 Å². The number of anilines is 2. The molecule has 0 radical (unpaired) electrons. The second kappa shape index (κ2) is 9.30. The predicted molar refractivity (Wildman–Crippen MR) is 116 cm³/mol. The van der Waals surface area contributed by atoms with Crippen LogP contribution in [0.2, 0.25) is 0 Å². The number of carbonyl (C=O) groups excluding carboxylic acids is 2. The van der Waals surface area contributed by atoms with E-state index in [4.69, 9.17) is 0 Å². The fourth-order valence-electron chi connectivity index (χ4n) is 3.27. The number of urea groups is 1. The summed E-state index contributed by atoms with van der Waals surface area (Å²) in [6, 6.07) is 5.88. The van der Waals surface area contributed by atoms with E-state index in [1.165, 1.54) is 0 Å². The van der Waals surface area contributed by atoms with Gasteiger partial charge in [-0.05, 0) is 63.8 Å². The standard InChI is InChI=1S/C22H36N4O2/c1-7-13-26(21(28)24-22(2,3)4)15-17-14-18(11-12-19(17)25(5)6)23-20(27)16-9-8-10-16/h11-12,14,16H,7-10,13,15H2,1-6H3,(H,23,27)(H,24,28). The molecule has 0 spiro atoms. The summed E-state index contributed by atoms with van der Waals surface area (Å²) in [5.74, 6) is 0.247. The first-order chi connectivity index (χ1) is 13.1. The molecule has 6 nitrogen and oxygen atoms in total. The molecule has 0 aromatic heterocycles. The Kier molecular flexibility index (Phi) is 7.33. The third-order valence-corrected chi connectivity index (χ3v) is 4.93. The molecule has 1 aromatic carbocycles. The first kappa shape index (κ1) is 22.1. The number of nitrogens with one attached hydrogen (secondary N) is 2. The van der Waals surface area contributed by atoms with Crippen molar-refractivity contribution < 1.29 is 9.59 Å². The summed E-state index contributed by atoms with van der Waals surface area (Å²) in [5, 5.41) is 6.10. The van der Waals surface area contributed by atoms with Crippen LogP contribution in [0.1, 0.15) is 58.9 Å². The van der Waals surface area contributed by atoms with Crippen LogP contribution in [0, 0.1) is 5.92 Å². The Morgan fingerprint density at radius 3 is 2.36 bits per heavy atom. The summed E-state index contributed by atoms with van der Waals surface area (Å²) in [6.45, 7) is 9.19. The highest BCUT2D eigenvalue weighted by Crippen LogP contribution is 2.29. The van der Waals surface area contributed by atoms with Crippen LogP contribution in [0.25, 0.3) is 0 Å². The molecule has 3 amide bonds. The van der Waals surface area contributed by atoms with Gasteiger partial charge in [-0.15, -0.1) is 0 Å². The number of hydrogen-bond donors (Lipinski definition) is 2. The van der Waals surface area contributed by atoms with Crippen molar-refractivity contribution in [3.05, 3.63) is 23.8 Å². The molecule has 2 rings (SSSR count). The summed E-state index contributed by atoms with van der Waals surface area (Å²) in [6.07, 6.45) is 3.97. The average molecular weight is 389 g/mol. The molecule has 0 atom stereocenters. The van der Waals surface area contributed by atoms with Crippen molar-refractivity contribution in [3.8, 4) is 0 Å². The number of carbonyl (C=O) groups is 2. The maximum atomic E-state index is 12.8. The molecular weight excluding hydrogens is 352 g/mol. The highest BCUT2D eigenvalue weighted by atomic mass is 16.2. The van der Waals surface area contributed by atoms with Gasteiger partial charge in [0, 0.05) is 50.0 Å². The topological polar surface area (TPSA) is 64.7 Å². The van der Waals surface area contributed by atoms with Gasteiger partial charge in [0.25, 0.3) is 0 Å². The third-order valence-electron chi connectivity index (χ3n) is 4.93. The monoisotopic (exact) mass is 388 g/mol. The Balaban J connectivity index is 2.22. The summed E-state index contributed by atoms with van der Waals surface area (Å²) in [7, 11) is 3.98. The zero-order chi connectivity index (χ0) is 20.9.